The summed E-state index contributed by atoms with van der Waals surface area (Å²) in [6, 6.07) is 7.68. The number of hydrogen-bond acceptors (Lipinski definition) is 3. The molecule has 2 rings (SSSR count). The molecule has 126 valence electrons. The topological polar surface area (TPSA) is 61.7 Å². The van der Waals surface area contributed by atoms with E-state index in [1.807, 2.05) is 0 Å². The summed E-state index contributed by atoms with van der Waals surface area (Å²) in [7, 11) is 0. The highest BCUT2D eigenvalue weighted by atomic mass is 35.5. The molecular formula is C15H9Cl2F3N2O2. The van der Waals surface area contributed by atoms with Crippen LogP contribution >= 0.6 is 23.2 Å². The Bertz CT molecular complexity index is 808. The number of halogens is 5. The van der Waals surface area contributed by atoms with Crippen LogP contribution in [0.5, 0.6) is 5.75 Å². The molecule has 0 aromatic heterocycles. The van der Waals surface area contributed by atoms with Gasteiger partial charge in [-0.05, 0) is 30.3 Å². The predicted octanol–water partition coefficient (Wildman–Crippen LogP) is 4.48. The summed E-state index contributed by atoms with van der Waals surface area (Å²) >= 11 is 11.4. The summed E-state index contributed by atoms with van der Waals surface area (Å²) in [5.41, 5.74) is 0.745. The third kappa shape index (κ3) is 4.39. The molecule has 0 aliphatic heterocycles. The lowest BCUT2D eigenvalue weighted by Crippen LogP contribution is -2.17. The van der Waals surface area contributed by atoms with E-state index >= 15 is 0 Å². The highest BCUT2D eigenvalue weighted by Crippen LogP contribution is 2.38. The quantitative estimate of drug-likeness (QED) is 0.612. The van der Waals surface area contributed by atoms with Gasteiger partial charge in [0.1, 0.15) is 5.75 Å². The number of carbonyl (C=O) groups is 1. The summed E-state index contributed by atoms with van der Waals surface area (Å²) < 4.78 is 38.3. The van der Waals surface area contributed by atoms with E-state index in [0.717, 1.165) is 12.3 Å². The van der Waals surface area contributed by atoms with Crippen LogP contribution in [0.4, 0.5) is 13.2 Å². The number of alkyl halides is 3. The number of rotatable bonds is 3. The first-order chi connectivity index (χ1) is 11.2. The van der Waals surface area contributed by atoms with Gasteiger partial charge in [-0.1, -0.05) is 29.3 Å². The lowest BCUT2D eigenvalue weighted by molar-refractivity contribution is -0.138. The Morgan fingerprint density at radius 3 is 2.50 bits per heavy atom. The lowest BCUT2D eigenvalue weighted by Gasteiger charge is -2.11. The van der Waals surface area contributed by atoms with Gasteiger partial charge in [-0.3, -0.25) is 4.79 Å². The number of amides is 1. The Hall–Kier alpha value is -2.25. The van der Waals surface area contributed by atoms with E-state index < -0.39 is 23.4 Å². The van der Waals surface area contributed by atoms with E-state index in [1.165, 1.54) is 12.1 Å². The molecule has 0 saturated carbocycles. The zero-order chi connectivity index (χ0) is 17.9. The van der Waals surface area contributed by atoms with Gasteiger partial charge in [0.25, 0.3) is 5.91 Å². The van der Waals surface area contributed by atoms with E-state index in [9.17, 15) is 23.1 Å². The van der Waals surface area contributed by atoms with Crippen LogP contribution in [0.25, 0.3) is 0 Å². The monoisotopic (exact) mass is 376 g/mol. The van der Waals surface area contributed by atoms with E-state index in [-0.39, 0.29) is 16.1 Å². The van der Waals surface area contributed by atoms with E-state index in [2.05, 4.69) is 10.5 Å². The maximum atomic E-state index is 12.8. The van der Waals surface area contributed by atoms with Crippen molar-refractivity contribution in [3.8, 4) is 5.75 Å². The molecule has 0 unspecified atom stereocenters. The predicted molar refractivity (Wildman–Crippen MR) is 84.6 cm³/mol. The number of phenolic OH excluding ortho intramolecular Hbond substituents is 1. The molecule has 0 fully saturated rings. The van der Waals surface area contributed by atoms with Crippen LogP contribution in [0.15, 0.2) is 41.5 Å². The van der Waals surface area contributed by atoms with Gasteiger partial charge in [-0.2, -0.15) is 18.3 Å². The number of hydrazone groups is 1. The Morgan fingerprint density at radius 1 is 1.17 bits per heavy atom. The third-order valence-corrected chi connectivity index (χ3v) is 3.32. The van der Waals surface area contributed by atoms with Gasteiger partial charge in [-0.25, -0.2) is 5.43 Å². The second-order valence-corrected chi connectivity index (χ2v) is 5.47. The van der Waals surface area contributed by atoms with Crippen molar-refractivity contribution in [2.24, 2.45) is 5.10 Å². The van der Waals surface area contributed by atoms with Gasteiger partial charge in [0.05, 0.1) is 11.8 Å². The van der Waals surface area contributed by atoms with Crippen molar-refractivity contribution in [3.05, 3.63) is 63.1 Å². The van der Waals surface area contributed by atoms with E-state index in [0.29, 0.717) is 11.1 Å². The van der Waals surface area contributed by atoms with Crippen molar-refractivity contribution in [2.45, 2.75) is 6.18 Å². The number of nitrogens with one attached hydrogen (secondary N) is 1. The van der Waals surface area contributed by atoms with Gasteiger partial charge < -0.3 is 5.11 Å². The van der Waals surface area contributed by atoms with Crippen LogP contribution in [0.1, 0.15) is 21.5 Å². The summed E-state index contributed by atoms with van der Waals surface area (Å²) in [5, 5.41) is 13.3. The number of nitrogens with zero attached hydrogens (tertiary/aromatic N) is 1. The number of carbonyl (C=O) groups excluding carboxylic acids is 1. The SMILES string of the molecule is O=C(N/N=C/c1cc(Cl)cc(C(F)(F)F)c1O)c1cccc(Cl)c1. The van der Waals surface area contributed by atoms with Crippen LogP contribution in [0, 0.1) is 0 Å². The zero-order valence-corrected chi connectivity index (χ0v) is 13.2. The van der Waals surface area contributed by atoms with Crippen LogP contribution in [-0.4, -0.2) is 17.2 Å². The molecule has 4 nitrogen and oxygen atoms in total. The van der Waals surface area contributed by atoms with Crippen molar-refractivity contribution in [1.82, 2.24) is 5.43 Å². The smallest absolute Gasteiger partial charge is 0.420 e. The fourth-order valence-corrected chi connectivity index (χ4v) is 2.21. The molecule has 0 aliphatic rings. The number of aromatic hydroxyl groups is 1. The highest BCUT2D eigenvalue weighted by molar-refractivity contribution is 6.31. The maximum Gasteiger partial charge on any atom is 0.420 e. The standard InChI is InChI=1S/C15H9Cl2F3N2O2/c16-10-3-1-2-8(4-10)14(24)22-21-7-9-5-11(17)6-12(13(9)23)15(18,19)20/h1-7,23H,(H,22,24)/b21-7+. The second-order valence-electron chi connectivity index (χ2n) is 4.60. The molecule has 0 bridgehead atoms. The average molecular weight is 377 g/mol. The Morgan fingerprint density at radius 2 is 1.88 bits per heavy atom. The number of phenols is 1. The van der Waals surface area contributed by atoms with Crippen LogP contribution in [-0.2, 0) is 6.18 Å². The molecule has 0 heterocycles. The minimum Gasteiger partial charge on any atom is -0.507 e. The minimum absolute atomic E-state index is 0.214. The average Bonchev–Trinajstić information content (AvgIpc) is 2.49. The molecule has 2 N–H and O–H groups in total. The van der Waals surface area contributed by atoms with Crippen molar-refractivity contribution in [2.75, 3.05) is 0 Å². The summed E-state index contributed by atoms with van der Waals surface area (Å²) in [4.78, 5) is 11.8. The first-order valence-electron chi connectivity index (χ1n) is 6.37. The summed E-state index contributed by atoms with van der Waals surface area (Å²) in [5.74, 6) is -1.65. The molecule has 2 aromatic rings. The van der Waals surface area contributed by atoms with Gasteiger partial charge in [0.15, 0.2) is 0 Å². The molecule has 24 heavy (non-hydrogen) atoms. The fourth-order valence-electron chi connectivity index (χ4n) is 1.79. The van der Waals surface area contributed by atoms with E-state index in [1.54, 1.807) is 12.1 Å². The van der Waals surface area contributed by atoms with Crippen molar-refractivity contribution in [3.63, 3.8) is 0 Å². The zero-order valence-electron chi connectivity index (χ0n) is 11.7. The fraction of sp³-hybridized carbons (Fsp3) is 0.0667. The van der Waals surface area contributed by atoms with Crippen molar-refractivity contribution >= 4 is 35.3 Å². The molecule has 0 spiro atoms. The normalized spacial score (nSPS) is 11.7. The molecular weight excluding hydrogens is 368 g/mol. The van der Waals surface area contributed by atoms with Crippen molar-refractivity contribution < 1.29 is 23.1 Å². The van der Waals surface area contributed by atoms with Gasteiger partial charge in [-0.15, -0.1) is 0 Å². The third-order valence-electron chi connectivity index (χ3n) is 2.87. The molecule has 1 amide bonds. The Kier molecular flexibility index (Phi) is 5.36. The van der Waals surface area contributed by atoms with E-state index in [4.69, 9.17) is 23.2 Å². The van der Waals surface area contributed by atoms with Crippen LogP contribution in [0.2, 0.25) is 10.0 Å². The maximum absolute atomic E-state index is 12.8. The van der Waals surface area contributed by atoms with Gasteiger partial charge in [0, 0.05) is 21.2 Å². The minimum atomic E-state index is -4.78. The molecule has 0 saturated heterocycles. The molecule has 0 radical (unpaired) electrons. The summed E-state index contributed by atoms with van der Waals surface area (Å²) in [6.07, 6.45) is -3.92. The van der Waals surface area contributed by atoms with Crippen molar-refractivity contribution in [1.29, 1.82) is 0 Å². The van der Waals surface area contributed by atoms with Crippen LogP contribution in [0.3, 0.4) is 0 Å². The molecule has 0 aliphatic carbocycles. The molecule has 2 aromatic carbocycles. The molecule has 0 atom stereocenters. The Balaban J connectivity index is 2.21. The van der Waals surface area contributed by atoms with Gasteiger partial charge >= 0.3 is 6.18 Å². The summed E-state index contributed by atoms with van der Waals surface area (Å²) in [6.45, 7) is 0. The largest absolute Gasteiger partial charge is 0.507 e. The highest BCUT2D eigenvalue weighted by Gasteiger charge is 2.35. The number of benzene rings is 2. The van der Waals surface area contributed by atoms with Crippen LogP contribution < -0.4 is 5.43 Å². The number of hydrogen-bond donors (Lipinski definition) is 2. The first kappa shape index (κ1) is 18.1. The lowest BCUT2D eigenvalue weighted by atomic mass is 10.1. The Labute approximate surface area is 144 Å². The molecule has 9 heteroatoms. The second kappa shape index (κ2) is 7.11. The first-order valence-corrected chi connectivity index (χ1v) is 7.13. The van der Waals surface area contributed by atoms with Gasteiger partial charge in [0.2, 0.25) is 0 Å².